The van der Waals surface area contributed by atoms with E-state index in [9.17, 15) is 9.18 Å². The number of ether oxygens (including phenoxy) is 2. The predicted molar refractivity (Wildman–Crippen MR) is 79.5 cm³/mol. The molecule has 1 aliphatic carbocycles. The minimum atomic E-state index is -0.916. The standard InChI is InChI=1S/C16H18FN3O3/c1-10(11-6-4-3-5-7-11)20-14(15(17)18-19-20)16(21)23-13-8-12(9-13)22-2/h3-7,10,12-13H,8-9H2,1-2H3/t10-,12?,13?/m1/s1. The summed E-state index contributed by atoms with van der Waals surface area (Å²) in [4.78, 5) is 12.3. The molecule has 0 aliphatic heterocycles. The molecule has 1 heterocycles. The van der Waals surface area contributed by atoms with Gasteiger partial charge in [-0.3, -0.25) is 0 Å². The molecule has 23 heavy (non-hydrogen) atoms. The quantitative estimate of drug-likeness (QED) is 0.792. The molecule has 1 atom stereocenters. The van der Waals surface area contributed by atoms with Crippen LogP contribution in [0.5, 0.6) is 0 Å². The third kappa shape index (κ3) is 3.10. The number of rotatable bonds is 5. The average molecular weight is 319 g/mol. The highest BCUT2D eigenvalue weighted by Gasteiger charge is 2.35. The SMILES string of the molecule is COC1CC(OC(=O)c2c(F)nnn2[C@H](C)c2ccccc2)C1. The van der Waals surface area contributed by atoms with E-state index < -0.39 is 11.9 Å². The zero-order valence-corrected chi connectivity index (χ0v) is 13.0. The Kier molecular flexibility index (Phi) is 4.38. The first-order valence-electron chi connectivity index (χ1n) is 7.49. The van der Waals surface area contributed by atoms with Crippen molar-refractivity contribution in [1.29, 1.82) is 0 Å². The molecule has 0 unspecified atom stereocenters. The second-order valence-corrected chi connectivity index (χ2v) is 5.62. The van der Waals surface area contributed by atoms with Crippen LogP contribution in [0.2, 0.25) is 0 Å². The van der Waals surface area contributed by atoms with Crippen LogP contribution in [0.4, 0.5) is 4.39 Å². The van der Waals surface area contributed by atoms with Crippen LogP contribution in [0.25, 0.3) is 0 Å². The van der Waals surface area contributed by atoms with Crippen LogP contribution in [-0.2, 0) is 9.47 Å². The summed E-state index contributed by atoms with van der Waals surface area (Å²) in [6.45, 7) is 1.82. The van der Waals surface area contributed by atoms with E-state index in [0.29, 0.717) is 12.8 Å². The Morgan fingerprint density at radius 1 is 1.30 bits per heavy atom. The van der Waals surface area contributed by atoms with Gasteiger partial charge in [-0.25, -0.2) is 9.48 Å². The Hall–Kier alpha value is -2.28. The fourth-order valence-electron chi connectivity index (χ4n) is 2.61. The highest BCUT2D eigenvalue weighted by Crippen LogP contribution is 2.27. The molecule has 122 valence electrons. The van der Waals surface area contributed by atoms with Crippen molar-refractivity contribution in [1.82, 2.24) is 15.0 Å². The van der Waals surface area contributed by atoms with Crippen LogP contribution in [0.1, 0.15) is 41.9 Å². The van der Waals surface area contributed by atoms with Crippen LogP contribution < -0.4 is 0 Å². The molecule has 1 aromatic carbocycles. The molecule has 0 saturated heterocycles. The van der Waals surface area contributed by atoms with E-state index in [2.05, 4.69) is 10.3 Å². The van der Waals surface area contributed by atoms with Crippen LogP contribution in [-0.4, -0.2) is 40.3 Å². The molecule has 1 aliphatic rings. The molecule has 7 heteroatoms. The third-order valence-electron chi connectivity index (χ3n) is 4.15. The summed E-state index contributed by atoms with van der Waals surface area (Å²) in [6, 6.07) is 9.06. The predicted octanol–water partition coefficient (Wildman–Crippen LogP) is 2.36. The minimum absolute atomic E-state index is 0.101. The first-order chi connectivity index (χ1) is 11.1. The lowest BCUT2D eigenvalue weighted by Crippen LogP contribution is -2.38. The van der Waals surface area contributed by atoms with Crippen molar-refractivity contribution in [2.45, 2.75) is 38.0 Å². The van der Waals surface area contributed by atoms with Gasteiger partial charge in [0.2, 0.25) is 5.69 Å². The molecule has 1 saturated carbocycles. The number of hydrogen-bond acceptors (Lipinski definition) is 5. The fraction of sp³-hybridized carbons (Fsp3) is 0.438. The van der Waals surface area contributed by atoms with Crippen molar-refractivity contribution in [3.05, 3.63) is 47.5 Å². The summed E-state index contributed by atoms with van der Waals surface area (Å²) in [5.74, 6) is -1.66. The van der Waals surface area contributed by atoms with Gasteiger partial charge in [0.25, 0.3) is 5.95 Å². The molecule has 0 N–H and O–H groups in total. The second kappa shape index (κ2) is 6.45. The fourth-order valence-corrected chi connectivity index (χ4v) is 2.61. The number of methoxy groups -OCH3 is 1. The highest BCUT2D eigenvalue weighted by molar-refractivity contribution is 5.87. The Labute approximate surface area is 133 Å². The van der Waals surface area contributed by atoms with E-state index in [1.807, 2.05) is 37.3 Å². The summed E-state index contributed by atoms with van der Waals surface area (Å²) >= 11 is 0. The molecule has 0 radical (unpaired) electrons. The topological polar surface area (TPSA) is 66.2 Å². The lowest BCUT2D eigenvalue weighted by atomic mass is 9.92. The molecule has 0 bridgehead atoms. The summed E-state index contributed by atoms with van der Waals surface area (Å²) in [5, 5.41) is 7.15. The van der Waals surface area contributed by atoms with Crippen LogP contribution in [0, 0.1) is 5.95 Å². The lowest BCUT2D eigenvalue weighted by Gasteiger charge is -2.33. The van der Waals surface area contributed by atoms with Gasteiger partial charge < -0.3 is 9.47 Å². The van der Waals surface area contributed by atoms with Crippen molar-refractivity contribution in [2.75, 3.05) is 7.11 Å². The Balaban J connectivity index is 1.77. The summed E-state index contributed by atoms with van der Waals surface area (Å²) < 4.78 is 25.6. The molecule has 0 spiro atoms. The number of nitrogens with zero attached hydrogens (tertiary/aromatic N) is 3. The molecule has 1 fully saturated rings. The molecule has 2 aromatic rings. The number of aromatic nitrogens is 3. The maximum absolute atomic E-state index is 13.9. The first kappa shape index (κ1) is 15.6. The highest BCUT2D eigenvalue weighted by atomic mass is 19.1. The molecular weight excluding hydrogens is 301 g/mol. The number of benzene rings is 1. The maximum Gasteiger partial charge on any atom is 0.361 e. The van der Waals surface area contributed by atoms with E-state index in [0.717, 1.165) is 5.56 Å². The van der Waals surface area contributed by atoms with Gasteiger partial charge in [-0.1, -0.05) is 40.6 Å². The van der Waals surface area contributed by atoms with Gasteiger partial charge in [-0.15, -0.1) is 0 Å². The van der Waals surface area contributed by atoms with Crippen molar-refractivity contribution < 1.29 is 18.7 Å². The Morgan fingerprint density at radius 3 is 2.65 bits per heavy atom. The first-order valence-corrected chi connectivity index (χ1v) is 7.49. The van der Waals surface area contributed by atoms with Gasteiger partial charge in [-0.2, -0.15) is 4.39 Å². The van der Waals surface area contributed by atoms with Gasteiger partial charge in [0.15, 0.2) is 0 Å². The van der Waals surface area contributed by atoms with Crippen molar-refractivity contribution in [3.8, 4) is 0 Å². The summed E-state index contributed by atoms with van der Waals surface area (Å²) in [6.07, 6.45) is 1.10. The molecule has 1 aromatic heterocycles. The minimum Gasteiger partial charge on any atom is -0.457 e. The largest absolute Gasteiger partial charge is 0.457 e. The van der Waals surface area contributed by atoms with Gasteiger partial charge in [0.05, 0.1) is 12.1 Å². The van der Waals surface area contributed by atoms with Crippen LogP contribution in [0.15, 0.2) is 30.3 Å². The zero-order chi connectivity index (χ0) is 16.4. The zero-order valence-electron chi connectivity index (χ0n) is 13.0. The monoisotopic (exact) mass is 319 g/mol. The van der Waals surface area contributed by atoms with E-state index in [1.165, 1.54) is 4.68 Å². The van der Waals surface area contributed by atoms with E-state index in [1.54, 1.807) is 7.11 Å². The smallest absolute Gasteiger partial charge is 0.361 e. The van der Waals surface area contributed by atoms with Crippen molar-refractivity contribution in [3.63, 3.8) is 0 Å². The lowest BCUT2D eigenvalue weighted by molar-refractivity contribution is -0.0648. The van der Waals surface area contributed by atoms with Crippen molar-refractivity contribution in [2.24, 2.45) is 0 Å². The van der Waals surface area contributed by atoms with Gasteiger partial charge in [0, 0.05) is 20.0 Å². The molecular formula is C16H18FN3O3. The number of hydrogen-bond donors (Lipinski definition) is 0. The van der Waals surface area contributed by atoms with Gasteiger partial charge in [-0.05, 0) is 12.5 Å². The molecule has 6 nitrogen and oxygen atoms in total. The van der Waals surface area contributed by atoms with Gasteiger partial charge in [0.1, 0.15) is 6.10 Å². The number of esters is 1. The van der Waals surface area contributed by atoms with Crippen LogP contribution in [0.3, 0.4) is 0 Å². The summed E-state index contributed by atoms with van der Waals surface area (Å²) in [7, 11) is 1.61. The van der Waals surface area contributed by atoms with E-state index >= 15 is 0 Å². The van der Waals surface area contributed by atoms with Crippen molar-refractivity contribution >= 4 is 5.97 Å². The molecule has 3 rings (SSSR count). The van der Waals surface area contributed by atoms with Crippen LogP contribution >= 0.6 is 0 Å². The number of carbonyl (C=O) groups is 1. The van der Waals surface area contributed by atoms with Gasteiger partial charge >= 0.3 is 5.97 Å². The summed E-state index contributed by atoms with van der Waals surface area (Å²) in [5.41, 5.74) is 0.650. The Bertz CT molecular complexity index is 683. The Morgan fingerprint density at radius 2 is 2.00 bits per heavy atom. The van der Waals surface area contributed by atoms with E-state index in [-0.39, 0.29) is 23.9 Å². The normalized spacial score (nSPS) is 21.5. The third-order valence-corrected chi connectivity index (χ3v) is 4.15. The maximum atomic E-state index is 13.9. The second-order valence-electron chi connectivity index (χ2n) is 5.62. The number of halogens is 1. The number of carbonyl (C=O) groups excluding carboxylic acids is 1. The van der Waals surface area contributed by atoms with E-state index in [4.69, 9.17) is 9.47 Å². The molecule has 0 amide bonds. The average Bonchev–Trinajstić information content (AvgIpc) is 2.92.